The van der Waals surface area contributed by atoms with Gasteiger partial charge in [-0.3, -0.25) is 4.79 Å². The minimum absolute atomic E-state index is 0.237. The molecule has 0 aliphatic heterocycles. The number of Topliss-reactive ketones (excluding diaryl/α,β-unsaturated/α-hetero) is 1. The summed E-state index contributed by atoms with van der Waals surface area (Å²) in [6.45, 7) is 3.97. The second-order valence-corrected chi connectivity index (χ2v) is 7.69. The topological polar surface area (TPSA) is 17.1 Å². The highest BCUT2D eigenvalue weighted by Crippen LogP contribution is 2.50. The van der Waals surface area contributed by atoms with Gasteiger partial charge in [0.1, 0.15) is 4.75 Å². The van der Waals surface area contributed by atoms with Crippen LogP contribution in [0.3, 0.4) is 0 Å². The first kappa shape index (κ1) is 14.6. The summed E-state index contributed by atoms with van der Waals surface area (Å²) in [5, 5.41) is 0. The van der Waals surface area contributed by atoms with Crippen molar-refractivity contribution in [2.45, 2.75) is 34.2 Å². The van der Waals surface area contributed by atoms with Crippen LogP contribution in [0.25, 0.3) is 0 Å². The Bertz CT molecular complexity index is 519. The first-order valence-corrected chi connectivity index (χ1v) is 7.96. The monoisotopic (exact) mass is 336 g/mol. The lowest BCUT2D eigenvalue weighted by Gasteiger charge is -2.41. The molecule has 100 valence electrons. The van der Waals surface area contributed by atoms with Crippen LogP contribution in [0, 0.1) is 0 Å². The predicted molar refractivity (Wildman–Crippen MR) is 85.9 cm³/mol. The van der Waals surface area contributed by atoms with Crippen molar-refractivity contribution in [3.05, 3.63) is 54.6 Å². The van der Waals surface area contributed by atoms with Crippen molar-refractivity contribution in [2.75, 3.05) is 0 Å². The normalized spacial score (nSPS) is 29.4. The summed E-state index contributed by atoms with van der Waals surface area (Å²) in [4.78, 5) is 13.7. The molecule has 0 amide bonds. The van der Waals surface area contributed by atoms with E-state index >= 15 is 0 Å². The lowest BCUT2D eigenvalue weighted by atomic mass is 9.84. The third kappa shape index (κ3) is 2.72. The molecule has 2 atom stereocenters. The van der Waals surface area contributed by atoms with Crippen LogP contribution in [-0.2, 0) is 4.79 Å². The molecule has 19 heavy (non-hydrogen) atoms. The summed E-state index contributed by atoms with van der Waals surface area (Å²) < 4.78 is -0.958. The van der Waals surface area contributed by atoms with Gasteiger partial charge in [-0.25, -0.2) is 0 Å². The summed E-state index contributed by atoms with van der Waals surface area (Å²) in [5.74, 6) is 0.237. The summed E-state index contributed by atoms with van der Waals surface area (Å²) in [5.41, 5.74) is 0. The molecule has 0 saturated carbocycles. The number of thioether (sulfide) groups is 1. The third-order valence-corrected chi connectivity index (χ3v) is 6.10. The molecule has 0 heterocycles. The number of ketones is 1. The Morgan fingerprint density at radius 3 is 2.42 bits per heavy atom. The van der Waals surface area contributed by atoms with E-state index in [0.29, 0.717) is 6.42 Å². The largest absolute Gasteiger partial charge is 0.298 e. The van der Waals surface area contributed by atoms with Gasteiger partial charge < -0.3 is 0 Å². The Kier molecular flexibility index (Phi) is 4.36. The zero-order chi connectivity index (χ0) is 13.9. The predicted octanol–water partition coefficient (Wildman–Crippen LogP) is 4.78. The Morgan fingerprint density at radius 1 is 1.21 bits per heavy atom. The molecule has 0 radical (unpaired) electrons. The molecule has 1 aliphatic carbocycles. The molecule has 2 unspecified atom stereocenters. The average molecular weight is 337 g/mol. The second kappa shape index (κ2) is 5.68. The fourth-order valence-corrected chi connectivity index (χ4v) is 4.29. The number of hydrogen-bond acceptors (Lipinski definition) is 2. The van der Waals surface area contributed by atoms with E-state index in [0.717, 1.165) is 4.90 Å². The van der Waals surface area contributed by atoms with E-state index in [9.17, 15) is 4.79 Å². The van der Waals surface area contributed by atoms with E-state index in [1.165, 1.54) is 0 Å². The molecular weight excluding hydrogens is 320 g/mol. The van der Waals surface area contributed by atoms with Gasteiger partial charge in [0.15, 0.2) is 5.78 Å². The van der Waals surface area contributed by atoms with Gasteiger partial charge in [0, 0.05) is 11.3 Å². The number of allylic oxidation sites excluding steroid dienone is 3. The zero-order valence-corrected chi connectivity index (χ0v) is 13.5. The van der Waals surface area contributed by atoms with E-state index in [-0.39, 0.29) is 10.1 Å². The van der Waals surface area contributed by atoms with Gasteiger partial charge in [0.05, 0.1) is 4.32 Å². The lowest BCUT2D eigenvalue weighted by Crippen LogP contribution is -2.49. The summed E-state index contributed by atoms with van der Waals surface area (Å²) in [7, 11) is 0. The van der Waals surface area contributed by atoms with Gasteiger partial charge in [-0.2, -0.15) is 0 Å². The Hall–Kier alpha value is -0.800. The van der Waals surface area contributed by atoms with Crippen LogP contribution in [0.2, 0.25) is 0 Å². The van der Waals surface area contributed by atoms with Gasteiger partial charge >= 0.3 is 0 Å². The van der Waals surface area contributed by atoms with E-state index in [1.54, 1.807) is 11.8 Å². The molecule has 2 rings (SSSR count). The second-order valence-electron chi connectivity index (χ2n) is 4.72. The van der Waals surface area contributed by atoms with Crippen LogP contribution < -0.4 is 0 Å². The van der Waals surface area contributed by atoms with Crippen LogP contribution in [-0.4, -0.2) is 14.9 Å². The highest BCUT2D eigenvalue weighted by Gasteiger charge is 2.50. The van der Waals surface area contributed by atoms with Crippen molar-refractivity contribution < 1.29 is 4.79 Å². The zero-order valence-electron chi connectivity index (χ0n) is 11.1. The van der Waals surface area contributed by atoms with E-state index in [4.69, 9.17) is 0 Å². The summed E-state index contributed by atoms with van der Waals surface area (Å²) >= 11 is 5.35. The smallest absolute Gasteiger partial charge is 0.154 e. The van der Waals surface area contributed by atoms with Crippen molar-refractivity contribution in [1.29, 1.82) is 0 Å². The molecule has 0 spiro atoms. The quantitative estimate of drug-likeness (QED) is 0.736. The SMILES string of the molecule is CCC(=O)C1(Sc2ccccc2)C=CC=CC1(C)Br. The maximum atomic E-state index is 12.6. The maximum absolute atomic E-state index is 12.6. The standard InChI is InChI=1S/C16H17BrOS/c1-3-14(18)16(12-8-7-11-15(16,2)17)19-13-9-5-4-6-10-13/h4-12H,3H2,1-2H3. The van der Waals surface area contributed by atoms with Crippen LogP contribution in [0.15, 0.2) is 59.5 Å². The molecule has 0 N–H and O–H groups in total. The highest BCUT2D eigenvalue weighted by molar-refractivity contribution is 9.10. The number of hydrogen-bond donors (Lipinski definition) is 0. The number of rotatable bonds is 4. The van der Waals surface area contributed by atoms with E-state index in [2.05, 4.69) is 28.9 Å². The average Bonchev–Trinajstić information content (AvgIpc) is 2.41. The van der Waals surface area contributed by atoms with Crippen LogP contribution >= 0.6 is 27.7 Å². The number of alkyl halides is 1. The van der Waals surface area contributed by atoms with Gasteiger partial charge in [-0.05, 0) is 19.1 Å². The third-order valence-electron chi connectivity index (χ3n) is 3.33. The molecular formula is C16H17BrOS. The molecule has 1 aromatic rings. The summed E-state index contributed by atoms with van der Waals surface area (Å²) in [6.07, 6.45) is 8.55. The number of carbonyl (C=O) groups excluding carboxylic acids is 1. The van der Waals surface area contributed by atoms with E-state index < -0.39 is 4.75 Å². The highest BCUT2D eigenvalue weighted by atomic mass is 79.9. The first-order chi connectivity index (χ1) is 9.02. The fraction of sp³-hybridized carbons (Fsp3) is 0.312. The van der Waals surface area contributed by atoms with Gasteiger partial charge in [0.2, 0.25) is 0 Å². The van der Waals surface area contributed by atoms with E-state index in [1.807, 2.05) is 55.5 Å². The van der Waals surface area contributed by atoms with Gasteiger partial charge in [-0.15, -0.1) is 11.8 Å². The molecule has 0 saturated heterocycles. The van der Waals surface area contributed by atoms with Gasteiger partial charge in [0.25, 0.3) is 0 Å². The van der Waals surface area contributed by atoms with Crippen LogP contribution in [0.4, 0.5) is 0 Å². The van der Waals surface area contributed by atoms with Crippen LogP contribution in [0.5, 0.6) is 0 Å². The minimum Gasteiger partial charge on any atom is -0.298 e. The molecule has 1 nitrogen and oxygen atoms in total. The molecule has 3 heteroatoms. The molecule has 1 aliphatic rings. The van der Waals surface area contributed by atoms with Crippen molar-refractivity contribution in [2.24, 2.45) is 0 Å². The molecule has 0 fully saturated rings. The van der Waals surface area contributed by atoms with Crippen molar-refractivity contribution in [1.82, 2.24) is 0 Å². The van der Waals surface area contributed by atoms with Crippen molar-refractivity contribution >= 4 is 33.5 Å². The fourth-order valence-electron chi connectivity index (χ4n) is 2.21. The van der Waals surface area contributed by atoms with Crippen molar-refractivity contribution in [3.8, 4) is 0 Å². The number of halogens is 1. The minimum atomic E-state index is -0.585. The molecule has 0 aromatic heterocycles. The molecule has 0 bridgehead atoms. The Morgan fingerprint density at radius 2 is 1.84 bits per heavy atom. The first-order valence-electron chi connectivity index (χ1n) is 6.35. The molecule has 1 aromatic carbocycles. The van der Waals surface area contributed by atoms with Crippen molar-refractivity contribution in [3.63, 3.8) is 0 Å². The van der Waals surface area contributed by atoms with Gasteiger partial charge in [-0.1, -0.05) is 65.4 Å². The lowest BCUT2D eigenvalue weighted by molar-refractivity contribution is -0.120. The maximum Gasteiger partial charge on any atom is 0.154 e. The van der Waals surface area contributed by atoms with Crippen LogP contribution in [0.1, 0.15) is 20.3 Å². The number of carbonyl (C=O) groups is 1. The summed E-state index contributed by atoms with van der Waals surface area (Å²) in [6, 6.07) is 10.1. The Balaban J connectivity index is 2.44. The number of benzene rings is 1. The Labute approximate surface area is 127 Å².